The van der Waals surface area contributed by atoms with Crippen molar-refractivity contribution < 1.29 is 9.53 Å². The zero-order valence-electron chi connectivity index (χ0n) is 14.2. The molecule has 2 N–H and O–H groups in total. The minimum atomic E-state index is -0.525. The van der Waals surface area contributed by atoms with Gasteiger partial charge in [0.1, 0.15) is 5.60 Å². The Labute approximate surface area is 156 Å². The number of rotatable bonds is 6. The van der Waals surface area contributed by atoms with Crippen LogP contribution in [-0.2, 0) is 4.74 Å². The molecule has 0 radical (unpaired) electrons. The number of benzene rings is 1. The van der Waals surface area contributed by atoms with Crippen LogP contribution in [0.2, 0.25) is 5.28 Å². The number of alkyl carbamates (subject to hydrolysis) is 1. The highest BCUT2D eigenvalue weighted by Crippen LogP contribution is 2.25. The second-order valence-corrected chi connectivity index (χ2v) is 7.36. The van der Waals surface area contributed by atoms with Gasteiger partial charge in [-0.3, -0.25) is 0 Å². The van der Waals surface area contributed by atoms with Crippen molar-refractivity contribution in [3.63, 3.8) is 0 Å². The van der Waals surface area contributed by atoms with E-state index in [-0.39, 0.29) is 5.28 Å². The van der Waals surface area contributed by atoms with Crippen LogP contribution in [0.25, 0.3) is 0 Å². The van der Waals surface area contributed by atoms with Crippen LogP contribution in [-0.4, -0.2) is 39.7 Å². The molecule has 0 fully saturated rings. The molecule has 0 aliphatic heterocycles. The number of carbonyl (C=O) groups is 1. The summed E-state index contributed by atoms with van der Waals surface area (Å²) in [6.07, 6.45) is -0.469. The summed E-state index contributed by atoms with van der Waals surface area (Å²) in [5.41, 5.74) is -0.525. The summed E-state index contributed by atoms with van der Waals surface area (Å²) in [6, 6.07) is 9.73. The van der Waals surface area contributed by atoms with E-state index in [9.17, 15) is 4.79 Å². The Morgan fingerprint density at radius 1 is 1.16 bits per heavy atom. The molecule has 2 aromatic rings. The molecule has 0 unspecified atom stereocenters. The number of ether oxygens (including phenoxy) is 1. The third-order valence-electron chi connectivity index (χ3n) is 2.62. The van der Waals surface area contributed by atoms with Crippen molar-refractivity contribution in [3.8, 4) is 0 Å². The molecule has 7 nitrogen and oxygen atoms in total. The first-order chi connectivity index (χ1) is 11.8. The zero-order chi connectivity index (χ0) is 18.3. The van der Waals surface area contributed by atoms with Crippen LogP contribution >= 0.6 is 23.4 Å². The van der Waals surface area contributed by atoms with E-state index < -0.39 is 11.7 Å². The van der Waals surface area contributed by atoms with E-state index in [0.29, 0.717) is 24.2 Å². The Morgan fingerprint density at radius 3 is 2.56 bits per heavy atom. The smallest absolute Gasteiger partial charge is 0.407 e. The Hall–Kier alpha value is -2.06. The van der Waals surface area contributed by atoms with Gasteiger partial charge < -0.3 is 15.4 Å². The standard InChI is InChI=1S/C16H20ClN5O2S/c1-16(2,3)24-15(23)19-10-9-18-13-20-12(17)21-14(22-13)25-11-7-5-4-6-8-11/h4-8H,9-10H2,1-3H3,(H,19,23)(H,18,20,21,22). The van der Waals surface area contributed by atoms with Crippen LogP contribution in [0, 0.1) is 0 Å². The molecule has 2 rings (SSSR count). The van der Waals surface area contributed by atoms with Crippen LogP contribution in [0.4, 0.5) is 10.7 Å². The fourth-order valence-electron chi connectivity index (χ4n) is 1.70. The maximum absolute atomic E-state index is 11.6. The molecule has 1 aromatic carbocycles. The van der Waals surface area contributed by atoms with Gasteiger partial charge in [-0.1, -0.05) is 18.2 Å². The SMILES string of the molecule is CC(C)(C)OC(=O)NCCNc1nc(Cl)nc(Sc2ccccc2)n1. The molecule has 0 aliphatic carbocycles. The van der Waals surface area contributed by atoms with Crippen molar-refractivity contribution in [1.82, 2.24) is 20.3 Å². The highest BCUT2D eigenvalue weighted by molar-refractivity contribution is 7.99. The number of halogens is 1. The van der Waals surface area contributed by atoms with Gasteiger partial charge in [-0.2, -0.15) is 15.0 Å². The minimum Gasteiger partial charge on any atom is -0.444 e. The van der Waals surface area contributed by atoms with Crippen molar-refractivity contribution in [2.24, 2.45) is 0 Å². The van der Waals surface area contributed by atoms with Gasteiger partial charge in [0.05, 0.1) is 0 Å². The summed E-state index contributed by atoms with van der Waals surface area (Å²) in [7, 11) is 0. The molecule has 1 heterocycles. The van der Waals surface area contributed by atoms with Gasteiger partial charge in [0.25, 0.3) is 0 Å². The van der Waals surface area contributed by atoms with Crippen molar-refractivity contribution in [2.45, 2.75) is 36.4 Å². The summed E-state index contributed by atoms with van der Waals surface area (Å²) < 4.78 is 5.15. The molecular weight excluding hydrogens is 362 g/mol. The fourth-order valence-corrected chi connectivity index (χ4v) is 2.68. The molecule has 0 aliphatic rings. The molecule has 9 heteroatoms. The first-order valence-electron chi connectivity index (χ1n) is 7.67. The largest absolute Gasteiger partial charge is 0.444 e. The van der Waals surface area contributed by atoms with Crippen LogP contribution in [0.1, 0.15) is 20.8 Å². The zero-order valence-corrected chi connectivity index (χ0v) is 15.8. The third kappa shape index (κ3) is 7.57. The van der Waals surface area contributed by atoms with Gasteiger partial charge in [-0.05, 0) is 56.3 Å². The minimum absolute atomic E-state index is 0.107. The van der Waals surface area contributed by atoms with Gasteiger partial charge in [0, 0.05) is 18.0 Å². The van der Waals surface area contributed by atoms with Gasteiger partial charge >= 0.3 is 6.09 Å². The molecular formula is C16H20ClN5O2S. The molecule has 1 aromatic heterocycles. The molecule has 1 amide bonds. The molecule has 0 bridgehead atoms. The molecule has 134 valence electrons. The van der Waals surface area contributed by atoms with Gasteiger partial charge in [-0.25, -0.2) is 4.79 Å². The number of anilines is 1. The number of nitrogens with one attached hydrogen (secondary N) is 2. The maximum atomic E-state index is 11.6. The van der Waals surface area contributed by atoms with E-state index in [2.05, 4.69) is 25.6 Å². The van der Waals surface area contributed by atoms with Gasteiger partial charge in [0.15, 0.2) is 5.16 Å². The van der Waals surface area contributed by atoms with Gasteiger partial charge in [-0.15, -0.1) is 0 Å². The predicted molar refractivity (Wildman–Crippen MR) is 98.1 cm³/mol. The van der Waals surface area contributed by atoms with Gasteiger partial charge in [0.2, 0.25) is 11.2 Å². The van der Waals surface area contributed by atoms with E-state index >= 15 is 0 Å². The average Bonchev–Trinajstić information content (AvgIpc) is 2.50. The summed E-state index contributed by atoms with van der Waals surface area (Å²) in [5, 5.41) is 6.25. The van der Waals surface area contributed by atoms with Crippen molar-refractivity contribution in [1.29, 1.82) is 0 Å². The number of amides is 1. The number of carbonyl (C=O) groups excluding carboxylic acids is 1. The van der Waals surface area contributed by atoms with E-state index in [4.69, 9.17) is 16.3 Å². The van der Waals surface area contributed by atoms with Crippen LogP contribution in [0.3, 0.4) is 0 Å². The Kier molecular flexibility index (Phi) is 6.83. The lowest BCUT2D eigenvalue weighted by molar-refractivity contribution is 0.0530. The number of hydrogen-bond donors (Lipinski definition) is 2. The Balaban J connectivity index is 1.85. The highest BCUT2D eigenvalue weighted by Gasteiger charge is 2.15. The Morgan fingerprint density at radius 2 is 1.88 bits per heavy atom. The summed E-state index contributed by atoms with van der Waals surface area (Å²) >= 11 is 7.34. The second kappa shape index (κ2) is 8.87. The molecule has 0 spiro atoms. The lowest BCUT2D eigenvalue weighted by Gasteiger charge is -2.19. The van der Waals surface area contributed by atoms with Crippen LogP contribution in [0.15, 0.2) is 40.4 Å². The van der Waals surface area contributed by atoms with E-state index in [0.717, 1.165) is 4.90 Å². The first kappa shape index (κ1) is 19.3. The van der Waals surface area contributed by atoms with Crippen molar-refractivity contribution >= 4 is 35.4 Å². The lowest BCUT2D eigenvalue weighted by Crippen LogP contribution is -2.35. The third-order valence-corrected chi connectivity index (χ3v) is 3.66. The maximum Gasteiger partial charge on any atom is 0.407 e. The lowest BCUT2D eigenvalue weighted by atomic mass is 10.2. The van der Waals surface area contributed by atoms with E-state index in [1.165, 1.54) is 11.8 Å². The fraction of sp³-hybridized carbons (Fsp3) is 0.375. The van der Waals surface area contributed by atoms with Crippen LogP contribution < -0.4 is 10.6 Å². The number of aromatic nitrogens is 3. The Bertz CT molecular complexity index is 709. The van der Waals surface area contributed by atoms with Crippen molar-refractivity contribution in [3.05, 3.63) is 35.6 Å². The average molecular weight is 382 g/mol. The molecule has 25 heavy (non-hydrogen) atoms. The highest BCUT2D eigenvalue weighted by atomic mass is 35.5. The van der Waals surface area contributed by atoms with Crippen molar-refractivity contribution in [2.75, 3.05) is 18.4 Å². The number of nitrogens with zero attached hydrogens (tertiary/aromatic N) is 3. The molecule has 0 saturated carbocycles. The second-order valence-electron chi connectivity index (χ2n) is 5.98. The predicted octanol–water partition coefficient (Wildman–Crippen LogP) is 3.61. The number of hydrogen-bond acceptors (Lipinski definition) is 7. The normalized spacial score (nSPS) is 11.0. The quantitative estimate of drug-likeness (QED) is 0.738. The molecule has 0 atom stereocenters. The van der Waals surface area contributed by atoms with E-state index in [1.807, 2.05) is 51.1 Å². The van der Waals surface area contributed by atoms with E-state index in [1.54, 1.807) is 0 Å². The van der Waals surface area contributed by atoms with Crippen LogP contribution in [0.5, 0.6) is 0 Å². The summed E-state index contributed by atoms with van der Waals surface area (Å²) in [6.45, 7) is 6.21. The summed E-state index contributed by atoms with van der Waals surface area (Å²) in [5.74, 6) is 0.351. The monoisotopic (exact) mass is 381 g/mol. The topological polar surface area (TPSA) is 89.0 Å². The molecule has 0 saturated heterocycles. The summed E-state index contributed by atoms with van der Waals surface area (Å²) in [4.78, 5) is 25.0. The first-order valence-corrected chi connectivity index (χ1v) is 8.86.